The number of hydrogen-bond acceptors (Lipinski definition) is 3. The lowest BCUT2D eigenvalue weighted by atomic mass is 10.1. The van der Waals surface area contributed by atoms with Crippen molar-refractivity contribution in [2.75, 3.05) is 27.2 Å². The minimum absolute atomic E-state index is 0.143. The molecule has 0 spiro atoms. The zero-order valence-corrected chi connectivity index (χ0v) is 11.5. The van der Waals surface area contributed by atoms with Crippen LogP contribution in [0.15, 0.2) is 0 Å². The van der Waals surface area contributed by atoms with Crippen LogP contribution in [0.5, 0.6) is 0 Å². The van der Waals surface area contributed by atoms with Crippen LogP contribution in [-0.4, -0.2) is 56.8 Å². The van der Waals surface area contributed by atoms with E-state index in [9.17, 15) is 13.2 Å². The molecule has 0 bridgehead atoms. The second kappa shape index (κ2) is 5.79. The van der Waals surface area contributed by atoms with Gasteiger partial charge in [0.1, 0.15) is 0 Å². The molecule has 0 aromatic heterocycles. The smallest absolute Gasteiger partial charge is 0.279 e. The van der Waals surface area contributed by atoms with E-state index in [-0.39, 0.29) is 5.91 Å². The number of piperidine rings is 1. The van der Waals surface area contributed by atoms with E-state index in [4.69, 9.17) is 0 Å². The van der Waals surface area contributed by atoms with Gasteiger partial charge in [-0.3, -0.25) is 4.79 Å². The highest BCUT2D eigenvalue weighted by molar-refractivity contribution is 7.87. The SMILES string of the molecule is C[C@H](NS(=O)(=O)N(C)C)C(=O)N1CCCCC1. The van der Waals surface area contributed by atoms with Crippen molar-refractivity contribution in [3.05, 3.63) is 0 Å². The molecule has 1 aliphatic heterocycles. The monoisotopic (exact) mass is 263 g/mol. The predicted octanol–water partition coefficient (Wildman–Crippen LogP) is -0.217. The molecule has 100 valence electrons. The summed E-state index contributed by atoms with van der Waals surface area (Å²) >= 11 is 0. The van der Waals surface area contributed by atoms with Crippen LogP contribution in [0.3, 0.4) is 0 Å². The van der Waals surface area contributed by atoms with E-state index >= 15 is 0 Å². The number of carbonyl (C=O) groups is 1. The Labute approximate surface area is 103 Å². The molecule has 0 aliphatic carbocycles. The Balaban J connectivity index is 2.58. The number of carbonyl (C=O) groups excluding carboxylic acids is 1. The average molecular weight is 263 g/mol. The summed E-state index contributed by atoms with van der Waals surface area (Å²) in [6, 6.07) is -0.708. The number of likely N-dealkylation sites (tertiary alicyclic amines) is 1. The molecule has 1 atom stereocenters. The van der Waals surface area contributed by atoms with Crippen molar-refractivity contribution in [2.24, 2.45) is 0 Å². The molecule has 1 fully saturated rings. The number of nitrogens with zero attached hydrogens (tertiary/aromatic N) is 2. The van der Waals surface area contributed by atoms with E-state index < -0.39 is 16.3 Å². The third-order valence-corrected chi connectivity index (χ3v) is 4.46. The average Bonchev–Trinajstić information content (AvgIpc) is 2.28. The van der Waals surface area contributed by atoms with Crippen LogP contribution in [0.4, 0.5) is 0 Å². The zero-order chi connectivity index (χ0) is 13.1. The molecule has 6 nitrogen and oxygen atoms in total. The van der Waals surface area contributed by atoms with E-state index in [2.05, 4.69) is 4.72 Å². The number of amides is 1. The quantitative estimate of drug-likeness (QED) is 0.762. The lowest BCUT2D eigenvalue weighted by molar-refractivity contribution is -0.133. The van der Waals surface area contributed by atoms with Crippen molar-refractivity contribution in [2.45, 2.75) is 32.2 Å². The van der Waals surface area contributed by atoms with Gasteiger partial charge in [-0.25, -0.2) is 0 Å². The fraction of sp³-hybridized carbons (Fsp3) is 0.900. The highest BCUT2D eigenvalue weighted by Gasteiger charge is 2.26. The van der Waals surface area contributed by atoms with Crippen LogP contribution in [0.25, 0.3) is 0 Å². The zero-order valence-electron chi connectivity index (χ0n) is 10.6. The van der Waals surface area contributed by atoms with Crippen molar-refractivity contribution in [1.29, 1.82) is 0 Å². The molecular weight excluding hydrogens is 242 g/mol. The molecule has 7 heteroatoms. The maximum atomic E-state index is 12.0. The van der Waals surface area contributed by atoms with E-state index in [0.717, 1.165) is 36.7 Å². The Morgan fingerprint density at radius 3 is 2.24 bits per heavy atom. The lowest BCUT2D eigenvalue weighted by Crippen LogP contribution is -2.50. The third kappa shape index (κ3) is 3.93. The van der Waals surface area contributed by atoms with Crippen LogP contribution in [0.2, 0.25) is 0 Å². The Morgan fingerprint density at radius 1 is 1.24 bits per heavy atom. The molecule has 1 rings (SSSR count). The van der Waals surface area contributed by atoms with Gasteiger partial charge in [-0.15, -0.1) is 0 Å². The normalized spacial score (nSPS) is 19.4. The van der Waals surface area contributed by atoms with E-state index in [1.54, 1.807) is 11.8 Å². The first-order valence-corrected chi connectivity index (χ1v) is 7.27. The third-order valence-electron chi connectivity index (χ3n) is 2.84. The van der Waals surface area contributed by atoms with E-state index in [1.165, 1.54) is 14.1 Å². The van der Waals surface area contributed by atoms with E-state index in [0.29, 0.717) is 0 Å². The summed E-state index contributed by atoms with van der Waals surface area (Å²) in [5.41, 5.74) is 0. The van der Waals surface area contributed by atoms with Crippen LogP contribution in [0, 0.1) is 0 Å². The molecule has 1 N–H and O–H groups in total. The predicted molar refractivity (Wildman–Crippen MR) is 65.6 cm³/mol. The maximum Gasteiger partial charge on any atom is 0.279 e. The Kier molecular flexibility index (Phi) is 4.91. The standard InChI is InChI=1S/C10H21N3O3S/c1-9(11-17(15,16)12(2)3)10(14)13-7-5-4-6-8-13/h9,11H,4-8H2,1-3H3/t9-/m0/s1. The summed E-state index contributed by atoms with van der Waals surface area (Å²) in [6.45, 7) is 3.04. The van der Waals surface area contributed by atoms with Gasteiger partial charge in [0.2, 0.25) is 5.91 Å². The highest BCUT2D eigenvalue weighted by Crippen LogP contribution is 2.10. The molecule has 1 heterocycles. The number of hydrogen-bond donors (Lipinski definition) is 1. The summed E-state index contributed by atoms with van der Waals surface area (Å²) in [6.07, 6.45) is 3.14. The Morgan fingerprint density at radius 2 is 1.76 bits per heavy atom. The molecule has 0 aromatic rings. The first kappa shape index (κ1) is 14.4. The summed E-state index contributed by atoms with van der Waals surface area (Å²) in [7, 11) is -0.683. The van der Waals surface area contributed by atoms with Crippen molar-refractivity contribution in [1.82, 2.24) is 13.9 Å². The van der Waals surface area contributed by atoms with Crippen molar-refractivity contribution < 1.29 is 13.2 Å². The lowest BCUT2D eigenvalue weighted by Gasteiger charge is -2.29. The van der Waals surface area contributed by atoms with E-state index in [1.807, 2.05) is 0 Å². The molecular formula is C10H21N3O3S. The second-order valence-corrected chi connectivity index (χ2v) is 6.43. The van der Waals surface area contributed by atoms with Crippen LogP contribution in [0.1, 0.15) is 26.2 Å². The summed E-state index contributed by atoms with van der Waals surface area (Å²) < 4.78 is 26.6. The summed E-state index contributed by atoms with van der Waals surface area (Å²) in [4.78, 5) is 13.7. The molecule has 0 saturated carbocycles. The number of rotatable bonds is 4. The molecule has 1 aliphatic rings. The maximum absolute atomic E-state index is 12.0. The van der Waals surface area contributed by atoms with Crippen molar-refractivity contribution >= 4 is 16.1 Å². The molecule has 17 heavy (non-hydrogen) atoms. The van der Waals surface area contributed by atoms with Crippen LogP contribution < -0.4 is 4.72 Å². The van der Waals surface area contributed by atoms with Gasteiger partial charge >= 0.3 is 0 Å². The van der Waals surface area contributed by atoms with Gasteiger partial charge in [-0.2, -0.15) is 17.4 Å². The minimum Gasteiger partial charge on any atom is -0.341 e. The van der Waals surface area contributed by atoms with Gasteiger partial charge in [0.15, 0.2) is 0 Å². The van der Waals surface area contributed by atoms with Gasteiger partial charge in [0, 0.05) is 27.2 Å². The molecule has 0 radical (unpaired) electrons. The Bertz CT molecular complexity index is 361. The molecule has 1 amide bonds. The Hall–Kier alpha value is -0.660. The summed E-state index contributed by atoms with van der Waals surface area (Å²) in [5, 5.41) is 0. The van der Waals surface area contributed by atoms with Crippen LogP contribution >= 0.6 is 0 Å². The first-order valence-electron chi connectivity index (χ1n) is 5.83. The largest absolute Gasteiger partial charge is 0.341 e. The molecule has 0 aromatic carbocycles. The number of nitrogens with one attached hydrogen (secondary N) is 1. The van der Waals surface area contributed by atoms with Gasteiger partial charge < -0.3 is 4.90 Å². The van der Waals surface area contributed by atoms with Crippen molar-refractivity contribution in [3.63, 3.8) is 0 Å². The van der Waals surface area contributed by atoms with Crippen molar-refractivity contribution in [3.8, 4) is 0 Å². The van der Waals surface area contributed by atoms with Gasteiger partial charge in [0.25, 0.3) is 10.2 Å². The fourth-order valence-corrected chi connectivity index (χ4v) is 2.53. The fourth-order valence-electron chi connectivity index (χ4n) is 1.77. The molecule has 1 saturated heterocycles. The van der Waals surface area contributed by atoms with Crippen LogP contribution in [-0.2, 0) is 15.0 Å². The topological polar surface area (TPSA) is 69.7 Å². The molecule has 0 unspecified atom stereocenters. The first-order chi connectivity index (χ1) is 7.84. The van der Waals surface area contributed by atoms with Gasteiger partial charge in [-0.1, -0.05) is 0 Å². The highest BCUT2D eigenvalue weighted by atomic mass is 32.2. The second-order valence-electron chi connectivity index (χ2n) is 4.51. The van der Waals surface area contributed by atoms with Gasteiger partial charge in [-0.05, 0) is 26.2 Å². The summed E-state index contributed by atoms with van der Waals surface area (Å²) in [5.74, 6) is -0.143. The minimum atomic E-state index is -3.55. The van der Waals surface area contributed by atoms with Gasteiger partial charge in [0.05, 0.1) is 6.04 Å².